The normalized spacial score (nSPS) is 12.8. The molecular weight excluding hydrogens is 204 g/mol. The van der Waals surface area contributed by atoms with E-state index in [4.69, 9.17) is 10.5 Å². The fourth-order valence-corrected chi connectivity index (χ4v) is 1.25. The lowest BCUT2D eigenvalue weighted by Crippen LogP contribution is -2.31. The van der Waals surface area contributed by atoms with Crippen molar-refractivity contribution in [2.75, 3.05) is 24.3 Å². The standard InChI is InChI=1S/C11H20N4O/c1-4-16-7-9(8(2)3)15-11-6-13-10(12)5-14-11/h5-6,8-9H,4,7H2,1-3H3,(H2,12,13)(H,14,15). The van der Waals surface area contributed by atoms with E-state index >= 15 is 0 Å². The zero-order chi connectivity index (χ0) is 12.0. The molecule has 0 aliphatic rings. The van der Waals surface area contributed by atoms with E-state index in [1.54, 1.807) is 12.4 Å². The van der Waals surface area contributed by atoms with Crippen molar-refractivity contribution in [3.8, 4) is 0 Å². The third kappa shape index (κ3) is 4.02. The first-order valence-electron chi connectivity index (χ1n) is 5.55. The summed E-state index contributed by atoms with van der Waals surface area (Å²) in [5.74, 6) is 1.62. The van der Waals surface area contributed by atoms with E-state index in [2.05, 4.69) is 29.1 Å². The zero-order valence-corrected chi connectivity index (χ0v) is 10.1. The molecule has 3 N–H and O–H groups in total. The van der Waals surface area contributed by atoms with Gasteiger partial charge >= 0.3 is 0 Å². The van der Waals surface area contributed by atoms with Crippen molar-refractivity contribution in [1.82, 2.24) is 9.97 Å². The second kappa shape index (κ2) is 6.27. The quantitative estimate of drug-likeness (QED) is 0.766. The molecule has 1 rings (SSSR count). The lowest BCUT2D eigenvalue weighted by Gasteiger charge is -2.22. The number of hydrogen-bond acceptors (Lipinski definition) is 5. The highest BCUT2D eigenvalue weighted by atomic mass is 16.5. The Hall–Kier alpha value is -1.36. The number of rotatable bonds is 6. The van der Waals surface area contributed by atoms with Crippen LogP contribution in [0.1, 0.15) is 20.8 Å². The van der Waals surface area contributed by atoms with E-state index in [0.717, 1.165) is 12.4 Å². The van der Waals surface area contributed by atoms with Gasteiger partial charge in [-0.2, -0.15) is 0 Å². The van der Waals surface area contributed by atoms with E-state index < -0.39 is 0 Å². The number of anilines is 2. The first-order chi connectivity index (χ1) is 7.63. The van der Waals surface area contributed by atoms with Crippen molar-refractivity contribution < 1.29 is 4.74 Å². The van der Waals surface area contributed by atoms with Crippen LogP contribution in [0.3, 0.4) is 0 Å². The molecule has 5 nitrogen and oxygen atoms in total. The summed E-state index contributed by atoms with van der Waals surface area (Å²) in [6, 6.07) is 0.234. The van der Waals surface area contributed by atoms with Crippen LogP contribution >= 0.6 is 0 Å². The van der Waals surface area contributed by atoms with Crippen LogP contribution in [0.15, 0.2) is 12.4 Å². The Labute approximate surface area is 96.4 Å². The summed E-state index contributed by atoms with van der Waals surface area (Å²) >= 11 is 0. The largest absolute Gasteiger partial charge is 0.382 e. The molecule has 0 amide bonds. The second-order valence-corrected chi connectivity index (χ2v) is 3.98. The van der Waals surface area contributed by atoms with E-state index in [0.29, 0.717) is 18.3 Å². The number of nitrogens with zero attached hydrogens (tertiary/aromatic N) is 2. The van der Waals surface area contributed by atoms with Crippen LogP contribution in [0.4, 0.5) is 11.6 Å². The molecule has 0 spiro atoms. The average molecular weight is 224 g/mol. The van der Waals surface area contributed by atoms with Crippen molar-refractivity contribution in [2.45, 2.75) is 26.8 Å². The average Bonchev–Trinajstić information content (AvgIpc) is 2.26. The first-order valence-corrected chi connectivity index (χ1v) is 5.55. The highest BCUT2D eigenvalue weighted by Gasteiger charge is 2.13. The van der Waals surface area contributed by atoms with Gasteiger partial charge in [-0.1, -0.05) is 13.8 Å². The first kappa shape index (κ1) is 12.7. The molecule has 1 aromatic heterocycles. The summed E-state index contributed by atoms with van der Waals surface area (Å²) in [6.45, 7) is 7.65. The zero-order valence-electron chi connectivity index (χ0n) is 10.1. The van der Waals surface area contributed by atoms with Gasteiger partial charge in [-0.05, 0) is 12.8 Å². The second-order valence-electron chi connectivity index (χ2n) is 3.98. The molecule has 90 valence electrons. The van der Waals surface area contributed by atoms with Crippen LogP contribution in [0.25, 0.3) is 0 Å². The molecule has 0 radical (unpaired) electrons. The van der Waals surface area contributed by atoms with Crippen molar-refractivity contribution in [2.24, 2.45) is 5.92 Å². The van der Waals surface area contributed by atoms with Gasteiger partial charge in [-0.15, -0.1) is 0 Å². The van der Waals surface area contributed by atoms with Crippen molar-refractivity contribution in [1.29, 1.82) is 0 Å². The van der Waals surface area contributed by atoms with Crippen molar-refractivity contribution in [3.05, 3.63) is 12.4 Å². The predicted octanol–water partition coefficient (Wildman–Crippen LogP) is 1.53. The van der Waals surface area contributed by atoms with E-state index in [1.165, 1.54) is 0 Å². The van der Waals surface area contributed by atoms with Crippen molar-refractivity contribution in [3.63, 3.8) is 0 Å². The Morgan fingerprint density at radius 3 is 2.62 bits per heavy atom. The van der Waals surface area contributed by atoms with Gasteiger partial charge in [0.15, 0.2) is 0 Å². The number of nitrogen functional groups attached to an aromatic ring is 1. The molecule has 16 heavy (non-hydrogen) atoms. The molecule has 0 saturated carbocycles. The molecule has 0 aromatic carbocycles. The van der Waals surface area contributed by atoms with Crippen LogP contribution in [0.5, 0.6) is 0 Å². The minimum Gasteiger partial charge on any atom is -0.382 e. The highest BCUT2D eigenvalue weighted by molar-refractivity contribution is 5.37. The lowest BCUT2D eigenvalue weighted by molar-refractivity contribution is 0.126. The summed E-state index contributed by atoms with van der Waals surface area (Å²) in [5, 5.41) is 3.29. The van der Waals surface area contributed by atoms with Gasteiger partial charge in [0.05, 0.1) is 25.0 Å². The van der Waals surface area contributed by atoms with Crippen molar-refractivity contribution >= 4 is 11.6 Å². The number of ether oxygens (including phenoxy) is 1. The van der Waals surface area contributed by atoms with Crippen LogP contribution in [0.2, 0.25) is 0 Å². The van der Waals surface area contributed by atoms with Gasteiger partial charge in [-0.25, -0.2) is 9.97 Å². The Bertz CT molecular complexity index is 299. The maximum Gasteiger partial charge on any atom is 0.144 e. The number of nitrogens with two attached hydrogens (primary N) is 1. The van der Waals surface area contributed by atoms with Gasteiger partial charge in [-0.3, -0.25) is 0 Å². The molecule has 0 aliphatic heterocycles. The summed E-state index contributed by atoms with van der Waals surface area (Å²) in [4.78, 5) is 8.14. The Balaban J connectivity index is 2.57. The molecule has 1 atom stereocenters. The number of hydrogen-bond donors (Lipinski definition) is 2. The van der Waals surface area contributed by atoms with E-state index in [1.807, 2.05) is 6.92 Å². The van der Waals surface area contributed by atoms with Crippen LogP contribution in [-0.2, 0) is 4.74 Å². The fraction of sp³-hybridized carbons (Fsp3) is 0.636. The van der Waals surface area contributed by atoms with E-state index in [9.17, 15) is 0 Å². The molecule has 0 fully saturated rings. The maximum absolute atomic E-state index is 5.47. The molecule has 1 unspecified atom stereocenters. The molecular formula is C11H20N4O. The van der Waals surface area contributed by atoms with Gasteiger partial charge in [0, 0.05) is 6.61 Å². The molecule has 1 heterocycles. The summed E-state index contributed by atoms with van der Waals surface area (Å²) in [5.41, 5.74) is 5.47. The molecule has 0 aliphatic carbocycles. The molecule has 0 saturated heterocycles. The summed E-state index contributed by atoms with van der Waals surface area (Å²) < 4.78 is 5.42. The maximum atomic E-state index is 5.47. The Morgan fingerprint density at radius 2 is 2.12 bits per heavy atom. The SMILES string of the molecule is CCOCC(Nc1cnc(N)cn1)C(C)C. The highest BCUT2D eigenvalue weighted by Crippen LogP contribution is 2.10. The van der Waals surface area contributed by atoms with Gasteiger partial charge < -0.3 is 15.8 Å². The minimum absolute atomic E-state index is 0.234. The van der Waals surface area contributed by atoms with Crippen LogP contribution in [-0.4, -0.2) is 29.2 Å². The Morgan fingerprint density at radius 1 is 1.38 bits per heavy atom. The third-order valence-corrected chi connectivity index (χ3v) is 2.31. The van der Waals surface area contributed by atoms with Gasteiger partial charge in [0.1, 0.15) is 11.6 Å². The summed E-state index contributed by atoms with van der Waals surface area (Å²) in [6.07, 6.45) is 3.18. The number of nitrogens with one attached hydrogen (secondary N) is 1. The van der Waals surface area contributed by atoms with Gasteiger partial charge in [0.25, 0.3) is 0 Å². The smallest absolute Gasteiger partial charge is 0.144 e. The van der Waals surface area contributed by atoms with E-state index in [-0.39, 0.29) is 6.04 Å². The third-order valence-electron chi connectivity index (χ3n) is 2.31. The molecule has 5 heteroatoms. The topological polar surface area (TPSA) is 73.1 Å². The fourth-order valence-electron chi connectivity index (χ4n) is 1.25. The van der Waals surface area contributed by atoms with Crippen LogP contribution < -0.4 is 11.1 Å². The van der Waals surface area contributed by atoms with Gasteiger partial charge in [0.2, 0.25) is 0 Å². The lowest BCUT2D eigenvalue weighted by atomic mass is 10.1. The van der Waals surface area contributed by atoms with Crippen LogP contribution in [0, 0.1) is 5.92 Å². The summed E-state index contributed by atoms with van der Waals surface area (Å²) in [7, 11) is 0. The molecule has 1 aromatic rings. The Kier molecular flexibility index (Phi) is 4.98. The minimum atomic E-state index is 0.234. The predicted molar refractivity (Wildman–Crippen MR) is 65.2 cm³/mol. The number of aromatic nitrogens is 2. The molecule has 0 bridgehead atoms. The monoisotopic (exact) mass is 224 g/mol.